The largest absolute Gasteiger partial charge is 0.490 e. The van der Waals surface area contributed by atoms with Crippen LogP contribution < -0.4 is 9.47 Å². The molecule has 182 valence electrons. The molecule has 0 unspecified atom stereocenters. The number of halogens is 3. The lowest BCUT2D eigenvalue weighted by molar-refractivity contribution is -0.0498. The van der Waals surface area contributed by atoms with E-state index in [0.29, 0.717) is 42.0 Å². The summed E-state index contributed by atoms with van der Waals surface area (Å²) >= 11 is 0. The van der Waals surface area contributed by atoms with Crippen molar-refractivity contribution in [1.29, 1.82) is 0 Å². The molecule has 4 aromatic rings. The summed E-state index contributed by atoms with van der Waals surface area (Å²) in [5, 5.41) is 1.29. The average molecular weight is 481 g/mol. The molecule has 4 rings (SSSR count). The molecule has 0 bridgehead atoms. The summed E-state index contributed by atoms with van der Waals surface area (Å²) in [5.74, 6) is 1.03. The lowest BCUT2D eigenvalue weighted by atomic mass is 9.99. The first-order chi connectivity index (χ1) is 17.0. The fourth-order valence-corrected chi connectivity index (χ4v) is 3.87. The van der Waals surface area contributed by atoms with E-state index in [1.165, 1.54) is 12.1 Å². The van der Waals surface area contributed by atoms with E-state index in [1.54, 1.807) is 36.7 Å². The first-order valence-electron chi connectivity index (χ1n) is 11.7. The van der Waals surface area contributed by atoms with Gasteiger partial charge in [-0.2, -0.15) is 8.78 Å². The summed E-state index contributed by atoms with van der Waals surface area (Å²) in [6.07, 6.45) is 7.65. The molecule has 1 heterocycles. The van der Waals surface area contributed by atoms with Crippen molar-refractivity contribution in [3.05, 3.63) is 83.9 Å². The maximum atomic E-state index is 15.2. The molecule has 4 nitrogen and oxygen atoms in total. The molecule has 0 saturated carbocycles. The van der Waals surface area contributed by atoms with Crippen LogP contribution in [0, 0.1) is 5.82 Å². The van der Waals surface area contributed by atoms with Crippen LogP contribution in [-0.4, -0.2) is 23.2 Å². The van der Waals surface area contributed by atoms with Gasteiger partial charge in [0.05, 0.1) is 19.0 Å². The predicted molar refractivity (Wildman–Crippen MR) is 130 cm³/mol. The van der Waals surface area contributed by atoms with Crippen molar-refractivity contribution in [3.8, 4) is 22.9 Å². The Morgan fingerprint density at radius 3 is 2.34 bits per heavy atom. The molecular formula is C28H27F3N2O2. The van der Waals surface area contributed by atoms with E-state index in [2.05, 4.69) is 21.6 Å². The second-order valence-electron chi connectivity index (χ2n) is 8.29. The number of aryl methyl sites for hydroxylation is 2. The van der Waals surface area contributed by atoms with Gasteiger partial charge in [-0.1, -0.05) is 56.2 Å². The second-order valence-corrected chi connectivity index (χ2v) is 8.29. The van der Waals surface area contributed by atoms with Gasteiger partial charge in [0.15, 0.2) is 11.6 Å². The number of fused-ring (bicyclic) bond motifs is 1. The summed E-state index contributed by atoms with van der Waals surface area (Å²) in [4.78, 5) is 8.80. The quantitative estimate of drug-likeness (QED) is 0.210. The molecule has 0 spiro atoms. The zero-order valence-corrected chi connectivity index (χ0v) is 19.5. The van der Waals surface area contributed by atoms with Crippen molar-refractivity contribution in [2.24, 2.45) is 0 Å². The first-order valence-corrected chi connectivity index (χ1v) is 11.7. The Balaban J connectivity index is 1.42. The molecule has 0 N–H and O–H groups in total. The summed E-state index contributed by atoms with van der Waals surface area (Å²) in [5.41, 5.74) is 2.31. The maximum Gasteiger partial charge on any atom is 0.387 e. The molecule has 0 saturated heterocycles. The van der Waals surface area contributed by atoms with Gasteiger partial charge in [-0.3, -0.25) is 0 Å². The zero-order chi connectivity index (χ0) is 24.6. The van der Waals surface area contributed by atoms with E-state index in [-0.39, 0.29) is 11.6 Å². The molecule has 7 heteroatoms. The van der Waals surface area contributed by atoms with E-state index in [9.17, 15) is 8.78 Å². The highest BCUT2D eigenvalue weighted by Crippen LogP contribution is 2.27. The lowest BCUT2D eigenvalue weighted by Gasteiger charge is -2.10. The van der Waals surface area contributed by atoms with Crippen molar-refractivity contribution < 1.29 is 22.6 Å². The number of alkyl halides is 2. The number of hydrogen-bond donors (Lipinski definition) is 0. The number of ether oxygens (including phenoxy) is 2. The van der Waals surface area contributed by atoms with Crippen LogP contribution in [0.4, 0.5) is 13.2 Å². The van der Waals surface area contributed by atoms with Gasteiger partial charge in [-0.05, 0) is 54.0 Å². The Kier molecular flexibility index (Phi) is 8.19. The SMILES string of the molecule is CCCCCOc1cnc(-c2ccc3c(F)c(CCc4ccc(OC(F)F)cc4)ccc3c2)nc1. The van der Waals surface area contributed by atoms with Crippen LogP contribution in [0.1, 0.15) is 37.3 Å². The van der Waals surface area contributed by atoms with Crippen LogP contribution in [-0.2, 0) is 12.8 Å². The summed E-state index contributed by atoms with van der Waals surface area (Å²) < 4.78 is 49.8. The Labute approximate surface area is 202 Å². The smallest absolute Gasteiger partial charge is 0.387 e. The number of unbranched alkanes of at least 4 members (excludes halogenated alkanes) is 2. The number of nitrogens with zero attached hydrogens (tertiary/aromatic N) is 2. The molecule has 35 heavy (non-hydrogen) atoms. The fraction of sp³-hybridized carbons (Fsp3) is 0.286. The van der Waals surface area contributed by atoms with Crippen LogP contribution in [0.3, 0.4) is 0 Å². The van der Waals surface area contributed by atoms with Crippen molar-refractivity contribution in [2.75, 3.05) is 6.61 Å². The molecule has 0 amide bonds. The van der Waals surface area contributed by atoms with Crippen molar-refractivity contribution >= 4 is 10.8 Å². The monoisotopic (exact) mass is 480 g/mol. The highest BCUT2D eigenvalue weighted by molar-refractivity contribution is 5.87. The van der Waals surface area contributed by atoms with Gasteiger partial charge in [0.2, 0.25) is 0 Å². The number of aromatic nitrogens is 2. The van der Waals surface area contributed by atoms with E-state index in [0.717, 1.165) is 35.8 Å². The maximum absolute atomic E-state index is 15.2. The zero-order valence-electron chi connectivity index (χ0n) is 19.5. The second kappa shape index (κ2) is 11.7. The molecular weight excluding hydrogens is 453 g/mol. The third-order valence-electron chi connectivity index (χ3n) is 5.77. The van der Waals surface area contributed by atoms with Crippen LogP contribution in [0.25, 0.3) is 22.2 Å². The molecule has 0 aliphatic heterocycles. The Morgan fingerprint density at radius 2 is 1.63 bits per heavy atom. The van der Waals surface area contributed by atoms with Gasteiger partial charge in [0.1, 0.15) is 11.6 Å². The highest BCUT2D eigenvalue weighted by Gasteiger charge is 2.11. The summed E-state index contributed by atoms with van der Waals surface area (Å²) in [6.45, 7) is -0.0626. The Bertz CT molecular complexity index is 1250. The molecule has 0 aliphatic rings. The topological polar surface area (TPSA) is 44.2 Å². The van der Waals surface area contributed by atoms with Gasteiger partial charge in [0, 0.05) is 10.9 Å². The van der Waals surface area contributed by atoms with Gasteiger partial charge in [-0.25, -0.2) is 14.4 Å². The van der Waals surface area contributed by atoms with Crippen LogP contribution in [0.2, 0.25) is 0 Å². The normalized spacial score (nSPS) is 11.2. The minimum absolute atomic E-state index is 0.106. The summed E-state index contributed by atoms with van der Waals surface area (Å²) in [7, 11) is 0. The molecule has 0 fully saturated rings. The molecule has 1 aromatic heterocycles. The molecule has 0 aliphatic carbocycles. The van der Waals surface area contributed by atoms with Crippen LogP contribution in [0.5, 0.6) is 11.5 Å². The predicted octanol–water partition coefficient (Wildman–Crippen LogP) is 7.39. The van der Waals surface area contributed by atoms with Gasteiger partial charge < -0.3 is 9.47 Å². The number of rotatable bonds is 11. The minimum Gasteiger partial charge on any atom is -0.490 e. The average Bonchev–Trinajstić information content (AvgIpc) is 2.87. The minimum atomic E-state index is -2.85. The van der Waals surface area contributed by atoms with E-state index < -0.39 is 6.61 Å². The Hall–Kier alpha value is -3.61. The van der Waals surface area contributed by atoms with Crippen LogP contribution >= 0.6 is 0 Å². The standard InChI is InChI=1S/C28H27F3N2O2/c1-2-3-4-15-34-24-17-32-27(33-18-24)22-11-14-25-21(16-22)10-9-20(26(25)29)8-5-19-6-12-23(13-7-19)35-28(30)31/h6-7,9-14,16-18,28H,2-5,8,15H2,1H3. The first kappa shape index (κ1) is 24.5. The Morgan fingerprint density at radius 1 is 0.857 bits per heavy atom. The van der Waals surface area contributed by atoms with Gasteiger partial charge in [-0.15, -0.1) is 0 Å². The number of benzene rings is 3. The third kappa shape index (κ3) is 6.50. The molecule has 0 atom stereocenters. The molecule has 0 radical (unpaired) electrons. The number of hydrogen-bond acceptors (Lipinski definition) is 4. The van der Waals surface area contributed by atoms with Gasteiger partial charge in [0.25, 0.3) is 0 Å². The lowest BCUT2D eigenvalue weighted by Crippen LogP contribution is -2.02. The van der Waals surface area contributed by atoms with E-state index in [4.69, 9.17) is 4.74 Å². The van der Waals surface area contributed by atoms with Gasteiger partial charge >= 0.3 is 6.61 Å². The third-order valence-corrected chi connectivity index (χ3v) is 5.77. The summed E-state index contributed by atoms with van der Waals surface area (Å²) in [6, 6.07) is 15.5. The van der Waals surface area contributed by atoms with Crippen molar-refractivity contribution in [3.63, 3.8) is 0 Å². The fourth-order valence-electron chi connectivity index (χ4n) is 3.87. The van der Waals surface area contributed by atoms with Crippen molar-refractivity contribution in [2.45, 2.75) is 45.6 Å². The van der Waals surface area contributed by atoms with Crippen molar-refractivity contribution in [1.82, 2.24) is 9.97 Å². The van der Waals surface area contributed by atoms with Crippen LogP contribution in [0.15, 0.2) is 67.0 Å². The molecule has 3 aromatic carbocycles. The van der Waals surface area contributed by atoms with E-state index in [1.807, 2.05) is 18.2 Å². The highest BCUT2D eigenvalue weighted by atomic mass is 19.3. The van der Waals surface area contributed by atoms with E-state index >= 15 is 4.39 Å².